The second kappa shape index (κ2) is 8.86. The van der Waals surface area contributed by atoms with E-state index in [1.807, 2.05) is 26.0 Å². The molecule has 4 nitrogen and oxygen atoms in total. The first kappa shape index (κ1) is 20.5. The van der Waals surface area contributed by atoms with Crippen molar-refractivity contribution in [3.05, 3.63) is 65.4 Å². The lowest BCUT2D eigenvalue weighted by atomic mass is 10.1. The van der Waals surface area contributed by atoms with Crippen molar-refractivity contribution in [2.75, 3.05) is 6.61 Å². The van der Waals surface area contributed by atoms with Crippen molar-refractivity contribution in [1.29, 1.82) is 0 Å². The van der Waals surface area contributed by atoms with Crippen LogP contribution in [-0.4, -0.2) is 27.7 Å². The molecule has 0 aliphatic rings. The molecule has 0 amide bonds. The number of benzene rings is 2. The van der Waals surface area contributed by atoms with Crippen LogP contribution in [0.2, 0.25) is 0 Å². The van der Waals surface area contributed by atoms with Crippen molar-refractivity contribution in [3.8, 4) is 16.9 Å². The summed E-state index contributed by atoms with van der Waals surface area (Å²) in [6.45, 7) is 3.71. The van der Waals surface area contributed by atoms with E-state index in [-0.39, 0.29) is 12.4 Å². The number of aliphatic hydroxyl groups excluding tert-OH is 1. The zero-order chi connectivity index (χ0) is 20.1. The summed E-state index contributed by atoms with van der Waals surface area (Å²) < 4.78 is 18.9. The number of aromatic nitrogens is 1. The summed E-state index contributed by atoms with van der Waals surface area (Å²) in [5.74, 6) is 0.354. The molecule has 1 aromatic heterocycles. The van der Waals surface area contributed by atoms with E-state index < -0.39 is 10.9 Å². The van der Waals surface area contributed by atoms with Gasteiger partial charge in [-0.05, 0) is 49.2 Å². The van der Waals surface area contributed by atoms with Crippen LogP contribution in [0.25, 0.3) is 11.1 Å². The lowest BCUT2D eigenvalue weighted by Gasteiger charge is -2.13. The van der Waals surface area contributed by atoms with Crippen molar-refractivity contribution < 1.29 is 19.0 Å². The van der Waals surface area contributed by atoms with Crippen molar-refractivity contribution in [1.82, 2.24) is 4.98 Å². The molecule has 3 aromatic rings. The number of aldehydes is 1. The number of halogens is 1. The van der Waals surface area contributed by atoms with Gasteiger partial charge in [0.1, 0.15) is 30.6 Å². The molecule has 1 unspecified atom stereocenters. The first-order chi connectivity index (χ1) is 13.4. The van der Waals surface area contributed by atoms with Gasteiger partial charge >= 0.3 is 0 Å². The van der Waals surface area contributed by atoms with Gasteiger partial charge < -0.3 is 14.6 Å². The molecule has 0 spiro atoms. The van der Waals surface area contributed by atoms with Gasteiger partial charge in [-0.1, -0.05) is 36.0 Å². The van der Waals surface area contributed by atoms with Gasteiger partial charge in [0, 0.05) is 5.38 Å². The number of carbonyl (C=O) groups excluding carboxylic acids is 1. The molecule has 146 valence electrons. The summed E-state index contributed by atoms with van der Waals surface area (Å²) in [5.41, 5.74) is 2.39. The molecule has 0 saturated carbocycles. The lowest BCUT2D eigenvalue weighted by molar-refractivity contribution is -0.109. The van der Waals surface area contributed by atoms with E-state index in [2.05, 4.69) is 4.98 Å². The summed E-state index contributed by atoms with van der Waals surface area (Å²) in [7, 11) is 0. The minimum atomic E-state index is -0.860. The summed E-state index contributed by atoms with van der Waals surface area (Å²) in [6, 6.07) is 13.7. The number of aliphatic hydroxyl groups is 1. The van der Waals surface area contributed by atoms with Gasteiger partial charge in [0.15, 0.2) is 4.34 Å². The maximum Gasteiger partial charge on any atom is 0.151 e. The van der Waals surface area contributed by atoms with Gasteiger partial charge in [-0.25, -0.2) is 9.37 Å². The SMILES string of the molecule is CC(C)(C=O)Sc1nc(C(O)COc2ccc(-c3ccc(F)cc3)cc2)cs1. The van der Waals surface area contributed by atoms with E-state index >= 15 is 0 Å². The summed E-state index contributed by atoms with van der Waals surface area (Å²) in [4.78, 5) is 15.4. The Morgan fingerprint density at radius 1 is 1.18 bits per heavy atom. The van der Waals surface area contributed by atoms with Gasteiger partial charge in [-0.2, -0.15) is 0 Å². The molecule has 7 heteroatoms. The maximum absolute atomic E-state index is 13.0. The van der Waals surface area contributed by atoms with Crippen LogP contribution >= 0.6 is 23.1 Å². The summed E-state index contributed by atoms with van der Waals surface area (Å²) in [5, 5.41) is 12.1. The Morgan fingerprint density at radius 3 is 2.39 bits per heavy atom. The molecule has 1 atom stereocenters. The third kappa shape index (κ3) is 5.41. The number of rotatable bonds is 8. The van der Waals surface area contributed by atoms with Crippen LogP contribution in [0, 0.1) is 5.82 Å². The number of hydrogen-bond acceptors (Lipinski definition) is 6. The topological polar surface area (TPSA) is 59.4 Å². The van der Waals surface area contributed by atoms with Gasteiger partial charge in [-0.3, -0.25) is 0 Å². The van der Waals surface area contributed by atoms with Gasteiger partial charge in [0.05, 0.1) is 10.4 Å². The van der Waals surface area contributed by atoms with Crippen LogP contribution in [0.15, 0.2) is 58.3 Å². The quantitative estimate of drug-likeness (QED) is 0.407. The molecule has 0 aliphatic heterocycles. The lowest BCUT2D eigenvalue weighted by Crippen LogP contribution is -2.15. The van der Waals surface area contributed by atoms with E-state index in [1.165, 1.54) is 35.2 Å². The molecule has 0 fully saturated rings. The molecule has 0 radical (unpaired) electrons. The van der Waals surface area contributed by atoms with E-state index in [9.17, 15) is 14.3 Å². The fourth-order valence-electron chi connectivity index (χ4n) is 2.36. The van der Waals surface area contributed by atoms with Crippen LogP contribution in [0.3, 0.4) is 0 Å². The van der Waals surface area contributed by atoms with Crippen LogP contribution in [0.5, 0.6) is 5.75 Å². The zero-order valence-corrected chi connectivity index (χ0v) is 17.1. The van der Waals surface area contributed by atoms with Crippen LogP contribution < -0.4 is 4.74 Å². The number of thiazole rings is 1. The van der Waals surface area contributed by atoms with Crippen LogP contribution in [0.4, 0.5) is 4.39 Å². The molecule has 2 aromatic carbocycles. The average molecular weight is 418 g/mol. The highest BCUT2D eigenvalue weighted by molar-refractivity contribution is 8.02. The maximum atomic E-state index is 13.0. The monoisotopic (exact) mass is 417 g/mol. The second-order valence-corrected chi connectivity index (χ2v) is 9.48. The first-order valence-corrected chi connectivity index (χ1v) is 10.3. The number of hydrogen-bond donors (Lipinski definition) is 1. The molecular formula is C21H20FNO3S2. The first-order valence-electron chi connectivity index (χ1n) is 8.64. The largest absolute Gasteiger partial charge is 0.490 e. The molecule has 0 aliphatic carbocycles. The van der Waals surface area contributed by atoms with E-state index in [4.69, 9.17) is 4.74 Å². The highest BCUT2D eigenvalue weighted by Crippen LogP contribution is 2.34. The Hall–Kier alpha value is -2.22. The van der Waals surface area contributed by atoms with E-state index in [0.29, 0.717) is 11.4 Å². The minimum absolute atomic E-state index is 0.0702. The number of thioether (sulfide) groups is 1. The van der Waals surface area contributed by atoms with Crippen molar-refractivity contribution in [2.24, 2.45) is 0 Å². The zero-order valence-electron chi connectivity index (χ0n) is 15.5. The smallest absolute Gasteiger partial charge is 0.151 e. The molecule has 0 saturated heterocycles. The Labute approximate surface area is 171 Å². The molecule has 0 bridgehead atoms. The highest BCUT2D eigenvalue weighted by Gasteiger charge is 2.21. The molecule has 1 N–H and O–H groups in total. The Bertz CT molecular complexity index is 924. The summed E-state index contributed by atoms with van der Waals surface area (Å²) in [6.07, 6.45) is 0.0233. The number of ether oxygens (including phenoxy) is 1. The highest BCUT2D eigenvalue weighted by atomic mass is 32.2. The van der Waals surface area contributed by atoms with Gasteiger partial charge in [0.2, 0.25) is 0 Å². The third-order valence-corrected chi connectivity index (χ3v) is 6.00. The van der Waals surface area contributed by atoms with Crippen LogP contribution in [0.1, 0.15) is 25.6 Å². The number of nitrogens with zero attached hydrogens (tertiary/aromatic N) is 1. The van der Waals surface area contributed by atoms with Crippen LogP contribution in [-0.2, 0) is 4.79 Å². The Morgan fingerprint density at radius 2 is 1.79 bits per heavy atom. The molecule has 3 rings (SSSR count). The van der Waals surface area contributed by atoms with Gasteiger partial charge in [-0.15, -0.1) is 11.3 Å². The fourth-order valence-corrected chi connectivity index (χ4v) is 4.58. The number of carbonyl (C=O) groups is 1. The Kier molecular flexibility index (Phi) is 6.49. The van der Waals surface area contributed by atoms with Crippen molar-refractivity contribution in [2.45, 2.75) is 29.0 Å². The average Bonchev–Trinajstić information content (AvgIpc) is 3.15. The molecule has 1 heterocycles. The standard InChI is InChI=1S/C21H20FNO3S2/c1-21(2,13-24)28-20-23-18(12-27-20)19(25)11-26-17-9-5-15(6-10-17)14-3-7-16(22)8-4-14/h3-10,12-13,19,25H,11H2,1-2H3. The van der Waals surface area contributed by atoms with Gasteiger partial charge in [0.25, 0.3) is 0 Å². The molecular weight excluding hydrogens is 397 g/mol. The third-order valence-electron chi connectivity index (χ3n) is 3.92. The summed E-state index contributed by atoms with van der Waals surface area (Å²) >= 11 is 2.76. The second-order valence-electron chi connectivity index (χ2n) is 6.72. The predicted molar refractivity (Wildman–Crippen MR) is 110 cm³/mol. The van der Waals surface area contributed by atoms with E-state index in [1.54, 1.807) is 29.6 Å². The van der Waals surface area contributed by atoms with Crippen molar-refractivity contribution in [3.63, 3.8) is 0 Å². The van der Waals surface area contributed by atoms with Crippen molar-refractivity contribution >= 4 is 29.4 Å². The minimum Gasteiger partial charge on any atom is -0.490 e. The normalized spacial score (nSPS) is 12.6. The fraction of sp³-hybridized carbons (Fsp3) is 0.238. The Balaban J connectivity index is 1.57. The van der Waals surface area contributed by atoms with E-state index in [0.717, 1.165) is 21.8 Å². The molecule has 28 heavy (non-hydrogen) atoms. The predicted octanol–water partition coefficient (Wildman–Crippen LogP) is 5.13.